The second kappa shape index (κ2) is 10.6. The summed E-state index contributed by atoms with van der Waals surface area (Å²) < 4.78 is 40.5. The van der Waals surface area contributed by atoms with Gasteiger partial charge < -0.3 is 37.0 Å². The predicted octanol–water partition coefficient (Wildman–Crippen LogP) is 5.95. The third kappa shape index (κ3) is 5.06. The first kappa shape index (κ1) is 27.4. The lowest BCUT2D eigenvalue weighted by Gasteiger charge is -2.35. The van der Waals surface area contributed by atoms with Crippen LogP contribution in [0.4, 0.5) is 0 Å². The fourth-order valence-electron chi connectivity index (χ4n) is 4.72. The molecule has 6 rings (SSSR count). The van der Waals surface area contributed by atoms with E-state index in [2.05, 4.69) is 6.58 Å². The van der Waals surface area contributed by atoms with E-state index in [4.69, 9.17) is 31.9 Å². The molecule has 0 radical (unpaired) electrons. The lowest BCUT2D eigenvalue weighted by Crippen LogP contribution is -2.46. The van der Waals surface area contributed by atoms with E-state index in [1.807, 2.05) is 12.1 Å². The van der Waals surface area contributed by atoms with Crippen LogP contribution in [0.2, 0.25) is 0 Å². The van der Waals surface area contributed by atoms with Crippen LogP contribution in [-0.4, -0.2) is 36.1 Å². The van der Waals surface area contributed by atoms with Gasteiger partial charge in [0.2, 0.25) is 11.5 Å². The molecule has 10 heteroatoms. The number of fused-ring (bicyclic) bond motifs is 4. The highest BCUT2D eigenvalue weighted by molar-refractivity contribution is 6.00. The number of rotatable bonds is 10. The highest BCUT2D eigenvalue weighted by Gasteiger charge is 2.34. The molecule has 0 spiro atoms. The molecular weight excluding hydrogens is 544 g/mol. The van der Waals surface area contributed by atoms with Gasteiger partial charge in [-0.25, -0.2) is 9.59 Å². The summed E-state index contributed by atoms with van der Waals surface area (Å²) in [6.07, 6.45) is 1.23. The smallest absolute Gasteiger partial charge is 0.336 e. The number of ether oxygens (including phenoxy) is 3. The van der Waals surface area contributed by atoms with Gasteiger partial charge in [0.05, 0.1) is 18.1 Å². The zero-order chi connectivity index (χ0) is 29.6. The van der Waals surface area contributed by atoms with Crippen LogP contribution in [0.25, 0.3) is 43.9 Å². The molecule has 4 heterocycles. The summed E-state index contributed by atoms with van der Waals surface area (Å²) in [4.78, 5) is 23.9. The number of hydrogen-bond acceptors (Lipinski definition) is 10. The molecule has 0 bridgehead atoms. The van der Waals surface area contributed by atoms with E-state index in [-0.39, 0.29) is 35.9 Å². The maximum Gasteiger partial charge on any atom is 0.336 e. The maximum atomic E-state index is 12.0. The van der Waals surface area contributed by atoms with Crippen LogP contribution in [0.1, 0.15) is 20.8 Å². The van der Waals surface area contributed by atoms with E-state index in [1.165, 1.54) is 24.7 Å². The zero-order valence-electron chi connectivity index (χ0n) is 23.2. The summed E-state index contributed by atoms with van der Waals surface area (Å²) in [6, 6.07) is 13.2. The van der Waals surface area contributed by atoms with Crippen LogP contribution in [0.15, 0.2) is 100 Å². The molecule has 6 aromatic rings. The van der Waals surface area contributed by atoms with Gasteiger partial charge >= 0.3 is 11.3 Å². The fraction of sp³-hybridized carbons (Fsp3) is 0.250. The average Bonchev–Trinajstić information content (AvgIpc) is 3.62. The van der Waals surface area contributed by atoms with Crippen molar-refractivity contribution in [2.24, 2.45) is 0 Å². The van der Waals surface area contributed by atoms with Crippen molar-refractivity contribution in [3.63, 3.8) is 0 Å². The number of hydrogen-bond donors (Lipinski definition) is 1. The van der Waals surface area contributed by atoms with Crippen LogP contribution >= 0.6 is 0 Å². The molecule has 4 aromatic heterocycles. The molecule has 0 aliphatic carbocycles. The van der Waals surface area contributed by atoms with Crippen molar-refractivity contribution in [1.82, 2.24) is 0 Å². The van der Waals surface area contributed by atoms with Gasteiger partial charge in [-0.15, -0.1) is 0 Å². The normalized spacial score (nSPS) is 13.6. The van der Waals surface area contributed by atoms with E-state index in [0.717, 1.165) is 10.8 Å². The van der Waals surface area contributed by atoms with Crippen LogP contribution < -0.4 is 20.7 Å². The van der Waals surface area contributed by atoms with E-state index in [9.17, 15) is 14.7 Å². The van der Waals surface area contributed by atoms with Crippen molar-refractivity contribution >= 4 is 43.9 Å². The minimum atomic E-state index is -1.15. The van der Waals surface area contributed by atoms with Gasteiger partial charge in [0.25, 0.3) is 0 Å². The standard InChI is InChI=1S/C32H28O10/c1-17(2)22(15-38-30-26-20(9-11-36-26)13-18-5-7-24(34)40-28(18)30)42-32(3,4)23(33)16-39-31-27-21(10-12-37-27)14-19-6-8-25(35)41-29(19)31/h5-14,22-23,33H,1,15-16H2,2-4H3/t22-,23-/m1/s1. The molecule has 0 fully saturated rings. The summed E-state index contributed by atoms with van der Waals surface area (Å²) in [7, 11) is 0. The minimum Gasteiger partial charge on any atom is -0.483 e. The molecule has 0 saturated carbocycles. The second-order valence-corrected chi connectivity index (χ2v) is 10.6. The minimum absolute atomic E-state index is 0.0125. The summed E-state index contributed by atoms with van der Waals surface area (Å²) >= 11 is 0. The van der Waals surface area contributed by atoms with Gasteiger partial charge in [-0.05, 0) is 62.7 Å². The largest absolute Gasteiger partial charge is 0.483 e. The molecule has 0 saturated heterocycles. The van der Waals surface area contributed by atoms with Crippen LogP contribution in [0, 0.1) is 0 Å². The lowest BCUT2D eigenvalue weighted by atomic mass is 10.0. The highest BCUT2D eigenvalue weighted by atomic mass is 16.6. The van der Waals surface area contributed by atoms with Crippen LogP contribution in [0.3, 0.4) is 0 Å². The molecular formula is C32H28O10. The highest BCUT2D eigenvalue weighted by Crippen LogP contribution is 2.37. The van der Waals surface area contributed by atoms with Crippen LogP contribution in [0.5, 0.6) is 11.5 Å². The van der Waals surface area contributed by atoms with E-state index in [0.29, 0.717) is 27.5 Å². The summed E-state index contributed by atoms with van der Waals surface area (Å²) in [6.45, 7) is 9.03. The zero-order valence-corrected chi connectivity index (χ0v) is 23.2. The summed E-state index contributed by atoms with van der Waals surface area (Å²) in [5.74, 6) is 0.474. The first-order chi connectivity index (χ1) is 20.1. The Bertz CT molecular complexity index is 2060. The Hall–Kier alpha value is -4.80. The quantitative estimate of drug-likeness (QED) is 0.155. The first-order valence-electron chi connectivity index (χ1n) is 13.3. The van der Waals surface area contributed by atoms with E-state index >= 15 is 0 Å². The maximum absolute atomic E-state index is 12.0. The fourth-order valence-corrected chi connectivity index (χ4v) is 4.72. The predicted molar refractivity (Wildman–Crippen MR) is 155 cm³/mol. The Kier molecular flexibility index (Phi) is 6.88. The van der Waals surface area contributed by atoms with Gasteiger partial charge in [0, 0.05) is 33.7 Å². The Labute approximate surface area is 238 Å². The van der Waals surface area contributed by atoms with E-state index < -0.39 is 29.1 Å². The Morgan fingerprint density at radius 1 is 0.786 bits per heavy atom. The van der Waals surface area contributed by atoms with Crippen molar-refractivity contribution in [3.8, 4) is 11.5 Å². The monoisotopic (exact) mass is 572 g/mol. The number of furan rings is 2. The molecule has 10 nitrogen and oxygen atoms in total. The molecule has 42 heavy (non-hydrogen) atoms. The average molecular weight is 573 g/mol. The van der Waals surface area contributed by atoms with Crippen LogP contribution in [-0.2, 0) is 4.74 Å². The lowest BCUT2D eigenvalue weighted by molar-refractivity contribution is -0.140. The molecule has 2 atom stereocenters. The van der Waals surface area contributed by atoms with Crippen molar-refractivity contribution in [2.45, 2.75) is 38.6 Å². The van der Waals surface area contributed by atoms with Gasteiger partial charge in [0.15, 0.2) is 22.3 Å². The third-order valence-electron chi connectivity index (χ3n) is 7.13. The molecule has 2 aromatic carbocycles. The number of aliphatic hydroxyl groups is 1. The van der Waals surface area contributed by atoms with Gasteiger partial charge in [0.1, 0.15) is 25.4 Å². The molecule has 216 valence electrons. The Morgan fingerprint density at radius 2 is 1.26 bits per heavy atom. The van der Waals surface area contributed by atoms with Crippen molar-refractivity contribution in [1.29, 1.82) is 0 Å². The molecule has 1 N–H and O–H groups in total. The summed E-state index contributed by atoms with van der Waals surface area (Å²) in [5.41, 5.74) is -0.276. The van der Waals surface area contributed by atoms with Crippen molar-refractivity contribution in [3.05, 3.63) is 94.0 Å². The molecule has 0 aliphatic rings. The Morgan fingerprint density at radius 3 is 1.76 bits per heavy atom. The number of aliphatic hydroxyl groups excluding tert-OH is 1. The van der Waals surface area contributed by atoms with Crippen molar-refractivity contribution < 1.29 is 37.0 Å². The van der Waals surface area contributed by atoms with Gasteiger partial charge in [-0.1, -0.05) is 6.58 Å². The van der Waals surface area contributed by atoms with Crippen molar-refractivity contribution in [2.75, 3.05) is 13.2 Å². The van der Waals surface area contributed by atoms with Gasteiger partial charge in [-0.2, -0.15) is 0 Å². The SMILES string of the molecule is C=C(C)[C@@H](COc1c2occc2cc2ccc(=O)oc12)OC(C)(C)[C@H](O)COc1c2occc2cc2ccc(=O)oc12. The molecule has 0 unspecified atom stereocenters. The number of benzene rings is 2. The topological polar surface area (TPSA) is 135 Å². The summed E-state index contributed by atoms with van der Waals surface area (Å²) in [5, 5.41) is 14.0. The van der Waals surface area contributed by atoms with E-state index in [1.54, 1.807) is 45.0 Å². The molecule has 0 amide bonds. The second-order valence-electron chi connectivity index (χ2n) is 10.6. The Balaban J connectivity index is 1.22. The first-order valence-corrected chi connectivity index (χ1v) is 13.3. The third-order valence-corrected chi connectivity index (χ3v) is 7.13. The van der Waals surface area contributed by atoms with Gasteiger partial charge in [-0.3, -0.25) is 0 Å². The molecule has 0 aliphatic heterocycles.